The number of piperidine rings is 1. The van der Waals surface area contributed by atoms with Gasteiger partial charge < -0.3 is 14.3 Å². The van der Waals surface area contributed by atoms with E-state index in [4.69, 9.17) is 16.4 Å². The van der Waals surface area contributed by atoms with Crippen molar-refractivity contribution in [2.45, 2.75) is 44.4 Å². The average Bonchev–Trinajstić information content (AvgIpc) is 3.18. The lowest BCUT2D eigenvalue weighted by molar-refractivity contribution is -0.286. The number of hydrogen-bond donors (Lipinski definition) is 0. The van der Waals surface area contributed by atoms with Gasteiger partial charge in [0.15, 0.2) is 17.3 Å². The number of carbonyl (C=O) groups is 2. The molecule has 2 aromatic carbocycles. The van der Waals surface area contributed by atoms with E-state index in [1.807, 2.05) is 13.8 Å². The van der Waals surface area contributed by atoms with E-state index in [0.717, 1.165) is 11.1 Å². The maximum absolute atomic E-state index is 14.1. The topological polar surface area (TPSA) is 68.3 Å². The van der Waals surface area contributed by atoms with Crippen LogP contribution in [0.15, 0.2) is 30.3 Å². The van der Waals surface area contributed by atoms with Crippen LogP contribution in [0.1, 0.15) is 35.4 Å². The van der Waals surface area contributed by atoms with Crippen LogP contribution < -0.4 is 14.4 Å². The summed E-state index contributed by atoms with van der Waals surface area (Å²) in [6.45, 7) is 4.50. The highest BCUT2D eigenvalue weighted by Crippen LogP contribution is 2.50. The monoisotopic (exact) mass is 492 g/mol. The molecule has 1 spiro atoms. The molecule has 0 aliphatic carbocycles. The number of carbonyl (C=O) groups excluding carboxylic acids is 2. The molecule has 3 aliphatic rings. The summed E-state index contributed by atoms with van der Waals surface area (Å²) in [7, 11) is 1.55. The van der Waals surface area contributed by atoms with Gasteiger partial charge in [0.1, 0.15) is 11.5 Å². The fourth-order valence-corrected chi connectivity index (χ4v) is 5.75. The molecule has 2 fully saturated rings. The molecule has 0 radical (unpaired) electrons. The highest BCUT2D eigenvalue weighted by Gasteiger charge is 2.60. The third kappa shape index (κ3) is 3.45. The highest BCUT2D eigenvalue weighted by molar-refractivity contribution is 6.31. The Morgan fingerprint density at radius 1 is 1.03 bits per heavy atom. The molecule has 3 aliphatic heterocycles. The first kappa shape index (κ1) is 23.0. The first-order chi connectivity index (χ1) is 16.1. The quantitative estimate of drug-likeness (QED) is 0.593. The zero-order chi connectivity index (χ0) is 24.4. The summed E-state index contributed by atoms with van der Waals surface area (Å²) in [4.78, 5) is 34.8. The van der Waals surface area contributed by atoms with Gasteiger partial charge in [0.2, 0.25) is 5.91 Å². The van der Waals surface area contributed by atoms with Crippen molar-refractivity contribution >= 4 is 29.0 Å². The minimum Gasteiger partial charge on any atom is -0.395 e. The lowest BCUT2D eigenvalue weighted by Crippen LogP contribution is -2.56. The predicted molar refractivity (Wildman–Crippen MR) is 119 cm³/mol. The summed E-state index contributed by atoms with van der Waals surface area (Å²) >= 11 is 6.19. The van der Waals surface area contributed by atoms with E-state index in [9.17, 15) is 18.4 Å². The number of anilines is 1. The second-order valence-corrected chi connectivity index (χ2v) is 9.30. The zero-order valence-electron chi connectivity index (χ0n) is 18.9. The number of ketones is 1. The molecule has 7 nitrogen and oxygen atoms in total. The van der Waals surface area contributed by atoms with E-state index < -0.39 is 23.7 Å². The third-order valence-corrected chi connectivity index (χ3v) is 7.13. The number of alkyl halides is 2. The van der Waals surface area contributed by atoms with Gasteiger partial charge in [-0.1, -0.05) is 11.6 Å². The Kier molecular flexibility index (Phi) is 5.34. The van der Waals surface area contributed by atoms with Gasteiger partial charge >= 0.3 is 6.29 Å². The Balaban J connectivity index is 1.63. The molecule has 3 heterocycles. The van der Waals surface area contributed by atoms with E-state index in [1.165, 1.54) is 23.1 Å². The van der Waals surface area contributed by atoms with Crippen LogP contribution in [0.3, 0.4) is 0 Å². The third-order valence-electron chi connectivity index (χ3n) is 6.91. The molecule has 1 atom stereocenters. The molecule has 0 bridgehead atoms. The smallest absolute Gasteiger partial charge is 0.395 e. The highest BCUT2D eigenvalue weighted by atomic mass is 35.5. The molecule has 180 valence electrons. The number of amides is 1. The first-order valence-electron chi connectivity index (χ1n) is 10.9. The molecule has 2 saturated heterocycles. The summed E-state index contributed by atoms with van der Waals surface area (Å²) in [5.41, 5.74) is 1.27. The summed E-state index contributed by atoms with van der Waals surface area (Å²) in [6.07, 6.45) is -3.12. The Hall–Kier alpha value is -2.75. The normalized spacial score (nSPS) is 23.2. The number of halogens is 3. The number of fused-ring (bicyclic) bond motifs is 1. The maximum Gasteiger partial charge on any atom is 0.586 e. The Morgan fingerprint density at radius 3 is 2.26 bits per heavy atom. The second kappa shape index (κ2) is 7.90. The SMILES string of the molecule is CON1CCC2(CC1)C(=O)C(c1c(C)cc(Cl)cc1C)C(=O)N2c1ccc2c(c1)OC(F)(F)O2. The number of aryl methyl sites for hydroxylation is 2. The molecule has 5 rings (SSSR count). The van der Waals surface area contributed by atoms with Crippen LogP contribution in [0, 0.1) is 13.8 Å². The molecule has 0 saturated carbocycles. The van der Waals surface area contributed by atoms with Crippen molar-refractivity contribution in [2.75, 3.05) is 25.1 Å². The molecule has 1 amide bonds. The van der Waals surface area contributed by atoms with E-state index in [0.29, 0.717) is 42.2 Å². The molecular weight excluding hydrogens is 470 g/mol. The molecule has 10 heteroatoms. The predicted octanol–water partition coefficient (Wildman–Crippen LogP) is 4.37. The molecule has 0 N–H and O–H groups in total. The Labute approximate surface area is 200 Å². The molecular formula is C24H23ClF2N2O5. The maximum atomic E-state index is 14.1. The molecule has 0 aromatic heterocycles. The van der Waals surface area contributed by atoms with E-state index in [2.05, 4.69) is 9.47 Å². The first-order valence-corrected chi connectivity index (χ1v) is 11.3. The van der Waals surface area contributed by atoms with Crippen molar-refractivity contribution in [1.29, 1.82) is 0 Å². The largest absolute Gasteiger partial charge is 0.586 e. The number of hydrogen-bond acceptors (Lipinski definition) is 6. The zero-order valence-corrected chi connectivity index (χ0v) is 19.6. The summed E-state index contributed by atoms with van der Waals surface area (Å²) in [6, 6.07) is 7.62. The Morgan fingerprint density at radius 2 is 1.65 bits per heavy atom. The van der Waals surface area contributed by atoms with Crippen molar-refractivity contribution in [3.63, 3.8) is 0 Å². The van der Waals surface area contributed by atoms with Gasteiger partial charge in [-0.15, -0.1) is 8.78 Å². The summed E-state index contributed by atoms with van der Waals surface area (Å²) in [5, 5.41) is 2.25. The van der Waals surface area contributed by atoms with Gasteiger partial charge in [-0.05, 0) is 67.6 Å². The van der Waals surface area contributed by atoms with E-state index >= 15 is 0 Å². The summed E-state index contributed by atoms with van der Waals surface area (Å²) in [5.74, 6) is -1.97. The number of hydroxylamine groups is 2. The number of ether oxygens (including phenoxy) is 2. The van der Waals surface area contributed by atoms with Gasteiger partial charge in [-0.3, -0.25) is 14.5 Å². The number of nitrogens with zero attached hydrogens (tertiary/aromatic N) is 2. The van der Waals surface area contributed by atoms with Crippen LogP contribution in [-0.4, -0.2) is 48.8 Å². The number of benzene rings is 2. The lowest BCUT2D eigenvalue weighted by atomic mass is 9.78. The Bertz CT molecular complexity index is 1170. The fraction of sp³-hybridized carbons (Fsp3) is 0.417. The van der Waals surface area contributed by atoms with Gasteiger partial charge in [-0.2, -0.15) is 5.06 Å². The van der Waals surface area contributed by atoms with E-state index in [1.54, 1.807) is 24.3 Å². The second-order valence-electron chi connectivity index (χ2n) is 8.87. The van der Waals surface area contributed by atoms with Crippen LogP contribution in [0.25, 0.3) is 0 Å². The van der Waals surface area contributed by atoms with Crippen molar-refractivity contribution in [3.05, 3.63) is 52.0 Å². The number of rotatable bonds is 3. The fourth-order valence-electron chi connectivity index (χ4n) is 5.42. The minimum absolute atomic E-state index is 0.129. The van der Waals surface area contributed by atoms with E-state index in [-0.39, 0.29) is 17.3 Å². The van der Waals surface area contributed by atoms with Crippen LogP contribution >= 0.6 is 11.6 Å². The van der Waals surface area contributed by atoms with Crippen molar-refractivity contribution in [1.82, 2.24) is 5.06 Å². The van der Waals surface area contributed by atoms with Crippen molar-refractivity contribution in [3.8, 4) is 11.5 Å². The van der Waals surface area contributed by atoms with Gasteiger partial charge in [0.05, 0.1) is 7.11 Å². The average molecular weight is 493 g/mol. The van der Waals surface area contributed by atoms with Gasteiger partial charge in [0, 0.05) is 29.9 Å². The lowest BCUT2D eigenvalue weighted by Gasteiger charge is -2.42. The van der Waals surface area contributed by atoms with Crippen molar-refractivity contribution in [2.24, 2.45) is 0 Å². The standard InChI is InChI=1S/C24H23ClF2N2O5/c1-13-10-15(25)11-14(2)19(13)20-21(30)23(6-8-28(32-3)9-7-23)29(22(20)31)16-4-5-17-18(12-16)34-24(26,27)33-17/h4-5,10-12,20H,6-9H2,1-3H3. The van der Waals surface area contributed by atoms with Crippen LogP contribution in [0.4, 0.5) is 14.5 Å². The molecule has 34 heavy (non-hydrogen) atoms. The minimum atomic E-state index is -3.78. The van der Waals surface area contributed by atoms with Crippen LogP contribution in [0.5, 0.6) is 11.5 Å². The van der Waals surface area contributed by atoms with Crippen molar-refractivity contribution < 1.29 is 32.7 Å². The van der Waals surface area contributed by atoms with Crippen LogP contribution in [-0.2, 0) is 14.4 Å². The molecule has 2 aromatic rings. The number of Topliss-reactive ketones (excluding diaryl/α,β-unsaturated/α-hetero) is 1. The van der Waals surface area contributed by atoms with Gasteiger partial charge in [-0.25, -0.2) is 0 Å². The summed E-state index contributed by atoms with van der Waals surface area (Å²) < 4.78 is 36.3. The van der Waals surface area contributed by atoms with Crippen LogP contribution in [0.2, 0.25) is 5.02 Å². The molecule has 1 unspecified atom stereocenters. The van der Waals surface area contributed by atoms with Gasteiger partial charge in [0.25, 0.3) is 0 Å².